The highest BCUT2D eigenvalue weighted by atomic mass is 32.2. The zero-order valence-corrected chi connectivity index (χ0v) is 15.4. The summed E-state index contributed by atoms with van der Waals surface area (Å²) in [6.07, 6.45) is 0.204. The minimum Gasteiger partial charge on any atom is -0.370 e. The van der Waals surface area contributed by atoms with Crippen LogP contribution >= 0.6 is 11.8 Å². The number of carbonyl (C=O) groups is 3. The van der Waals surface area contributed by atoms with Crippen molar-refractivity contribution in [2.75, 3.05) is 22.9 Å². The molecule has 0 fully saturated rings. The van der Waals surface area contributed by atoms with Gasteiger partial charge < -0.3 is 21.7 Å². The SMILES string of the molecule is NC(=O)CCSc1ccccc1NC(=O)NCC(=O)Nc1ccc(F)c(F)c1. The number of rotatable bonds is 8. The first-order valence-electron chi connectivity index (χ1n) is 8.15. The van der Waals surface area contributed by atoms with Crippen molar-refractivity contribution in [1.82, 2.24) is 5.32 Å². The Morgan fingerprint density at radius 3 is 2.46 bits per heavy atom. The fourth-order valence-electron chi connectivity index (χ4n) is 2.06. The quantitative estimate of drug-likeness (QED) is 0.503. The van der Waals surface area contributed by atoms with Crippen molar-refractivity contribution in [2.45, 2.75) is 11.3 Å². The van der Waals surface area contributed by atoms with Gasteiger partial charge in [-0.3, -0.25) is 9.59 Å². The van der Waals surface area contributed by atoms with Gasteiger partial charge in [-0.25, -0.2) is 13.6 Å². The Bertz CT molecular complexity index is 880. The zero-order chi connectivity index (χ0) is 20.5. The fraction of sp³-hybridized carbons (Fsp3) is 0.167. The Morgan fingerprint density at radius 2 is 1.75 bits per heavy atom. The molecule has 0 radical (unpaired) electrons. The highest BCUT2D eigenvalue weighted by molar-refractivity contribution is 7.99. The van der Waals surface area contributed by atoms with Crippen molar-refractivity contribution in [2.24, 2.45) is 5.73 Å². The molecule has 0 saturated carbocycles. The fourth-order valence-corrected chi connectivity index (χ4v) is 3.04. The Morgan fingerprint density at radius 1 is 1.00 bits per heavy atom. The summed E-state index contributed by atoms with van der Waals surface area (Å²) in [4.78, 5) is 35.4. The molecule has 0 aliphatic heterocycles. The standard InChI is InChI=1S/C18H18F2N4O3S/c19-12-6-5-11(9-13(12)20)23-17(26)10-22-18(27)24-14-3-1-2-4-15(14)28-8-7-16(21)25/h1-6,9H,7-8,10H2,(H2,21,25)(H,23,26)(H2,22,24,27). The summed E-state index contributed by atoms with van der Waals surface area (Å²) in [6.45, 7) is -0.373. The first-order valence-corrected chi connectivity index (χ1v) is 9.13. The van der Waals surface area contributed by atoms with E-state index in [4.69, 9.17) is 5.73 Å². The Hall–Kier alpha value is -3.14. The van der Waals surface area contributed by atoms with E-state index in [9.17, 15) is 23.2 Å². The Balaban J connectivity index is 1.84. The second-order valence-corrected chi connectivity index (χ2v) is 6.68. The van der Waals surface area contributed by atoms with E-state index in [1.54, 1.807) is 24.3 Å². The van der Waals surface area contributed by atoms with E-state index in [0.29, 0.717) is 11.4 Å². The van der Waals surface area contributed by atoms with Gasteiger partial charge in [0, 0.05) is 28.8 Å². The van der Waals surface area contributed by atoms with Crippen molar-refractivity contribution in [1.29, 1.82) is 0 Å². The number of primary amides is 1. The second-order valence-electron chi connectivity index (χ2n) is 5.55. The molecule has 0 spiro atoms. The van der Waals surface area contributed by atoms with Gasteiger partial charge in [0.15, 0.2) is 11.6 Å². The van der Waals surface area contributed by atoms with E-state index in [0.717, 1.165) is 17.0 Å². The maximum Gasteiger partial charge on any atom is 0.319 e. The lowest BCUT2D eigenvalue weighted by Crippen LogP contribution is -2.35. The molecule has 10 heteroatoms. The van der Waals surface area contributed by atoms with Gasteiger partial charge in [0.2, 0.25) is 11.8 Å². The number of anilines is 2. The lowest BCUT2D eigenvalue weighted by Gasteiger charge is -2.11. The monoisotopic (exact) mass is 408 g/mol. The smallest absolute Gasteiger partial charge is 0.319 e. The van der Waals surface area contributed by atoms with Gasteiger partial charge in [-0.1, -0.05) is 12.1 Å². The highest BCUT2D eigenvalue weighted by Crippen LogP contribution is 2.27. The zero-order valence-electron chi connectivity index (χ0n) is 14.6. The van der Waals surface area contributed by atoms with E-state index < -0.39 is 29.5 Å². The van der Waals surface area contributed by atoms with E-state index in [1.807, 2.05) is 0 Å². The average Bonchev–Trinajstić information content (AvgIpc) is 2.64. The summed E-state index contributed by atoms with van der Waals surface area (Å²) in [5, 5.41) is 7.32. The third-order valence-corrected chi connectivity index (χ3v) is 4.43. The number of hydrogen-bond donors (Lipinski definition) is 4. The van der Waals surface area contributed by atoms with E-state index in [1.165, 1.54) is 17.8 Å². The molecule has 0 aliphatic carbocycles. The number of para-hydroxylation sites is 1. The van der Waals surface area contributed by atoms with E-state index in [2.05, 4.69) is 16.0 Å². The van der Waals surface area contributed by atoms with Gasteiger partial charge in [0.1, 0.15) is 0 Å². The van der Waals surface area contributed by atoms with Gasteiger partial charge in [-0.05, 0) is 24.3 Å². The van der Waals surface area contributed by atoms with Crippen LogP contribution in [0, 0.1) is 11.6 Å². The first-order chi connectivity index (χ1) is 13.3. The van der Waals surface area contributed by atoms with Crippen LogP contribution in [0.2, 0.25) is 0 Å². The van der Waals surface area contributed by atoms with Crippen molar-refractivity contribution in [3.63, 3.8) is 0 Å². The van der Waals surface area contributed by atoms with E-state index in [-0.39, 0.29) is 18.7 Å². The molecule has 2 rings (SSSR count). The van der Waals surface area contributed by atoms with Crippen LogP contribution in [0.5, 0.6) is 0 Å². The van der Waals surface area contributed by atoms with Crippen LogP contribution in [0.15, 0.2) is 47.4 Å². The molecule has 5 N–H and O–H groups in total. The van der Waals surface area contributed by atoms with Gasteiger partial charge in [0.25, 0.3) is 0 Å². The van der Waals surface area contributed by atoms with E-state index >= 15 is 0 Å². The molecule has 0 heterocycles. The number of hydrogen-bond acceptors (Lipinski definition) is 4. The van der Waals surface area contributed by atoms with Crippen molar-refractivity contribution >= 4 is 41.0 Å². The minimum atomic E-state index is -1.09. The van der Waals surface area contributed by atoms with Crippen LogP contribution in [0.25, 0.3) is 0 Å². The number of urea groups is 1. The number of amides is 4. The first kappa shape index (κ1) is 21.2. The Kier molecular flexibility index (Phi) is 7.76. The lowest BCUT2D eigenvalue weighted by atomic mass is 10.3. The number of halogens is 2. The van der Waals surface area contributed by atoms with Crippen LogP contribution in [0.3, 0.4) is 0 Å². The Labute approximate surface area is 164 Å². The molecule has 0 saturated heterocycles. The molecular formula is C18H18F2N4O3S. The summed E-state index contributed by atoms with van der Waals surface area (Å²) in [7, 11) is 0. The molecule has 0 aliphatic rings. The molecule has 0 aromatic heterocycles. The largest absolute Gasteiger partial charge is 0.370 e. The summed E-state index contributed by atoms with van der Waals surface area (Å²) in [6, 6.07) is 9.27. The predicted octanol–water partition coefficient (Wildman–Crippen LogP) is 2.69. The van der Waals surface area contributed by atoms with Gasteiger partial charge in [0.05, 0.1) is 12.2 Å². The molecule has 148 valence electrons. The van der Waals surface area contributed by atoms with Gasteiger partial charge in [-0.2, -0.15) is 0 Å². The molecule has 0 bridgehead atoms. The molecule has 2 aromatic rings. The third kappa shape index (κ3) is 6.88. The molecule has 7 nitrogen and oxygen atoms in total. The molecule has 4 amide bonds. The van der Waals surface area contributed by atoms with Gasteiger partial charge in [-0.15, -0.1) is 11.8 Å². The predicted molar refractivity (Wildman–Crippen MR) is 103 cm³/mol. The molecule has 0 unspecified atom stereocenters. The number of nitrogens with one attached hydrogen (secondary N) is 3. The van der Waals surface area contributed by atoms with Crippen LogP contribution in [-0.2, 0) is 9.59 Å². The van der Waals surface area contributed by atoms with Crippen molar-refractivity contribution < 1.29 is 23.2 Å². The maximum atomic E-state index is 13.1. The number of carbonyl (C=O) groups excluding carboxylic acids is 3. The highest BCUT2D eigenvalue weighted by Gasteiger charge is 2.10. The molecular weight excluding hydrogens is 390 g/mol. The van der Waals surface area contributed by atoms with Crippen LogP contribution in [-0.4, -0.2) is 30.1 Å². The van der Waals surface area contributed by atoms with Crippen molar-refractivity contribution in [3.05, 3.63) is 54.1 Å². The lowest BCUT2D eigenvalue weighted by molar-refractivity contribution is -0.117. The summed E-state index contributed by atoms with van der Waals surface area (Å²) < 4.78 is 26.0. The molecule has 28 heavy (non-hydrogen) atoms. The van der Waals surface area contributed by atoms with Crippen LogP contribution < -0.4 is 21.7 Å². The average molecular weight is 408 g/mol. The van der Waals surface area contributed by atoms with Crippen LogP contribution in [0.4, 0.5) is 25.0 Å². The molecule has 2 aromatic carbocycles. The topological polar surface area (TPSA) is 113 Å². The maximum absolute atomic E-state index is 13.1. The number of nitrogens with two attached hydrogens (primary N) is 1. The number of benzene rings is 2. The minimum absolute atomic E-state index is 0.0716. The van der Waals surface area contributed by atoms with Crippen molar-refractivity contribution in [3.8, 4) is 0 Å². The second kappa shape index (κ2) is 10.3. The summed E-state index contributed by atoms with van der Waals surface area (Å²) >= 11 is 1.36. The summed E-state index contributed by atoms with van der Waals surface area (Å²) in [5.74, 6) is -2.67. The molecule has 0 atom stereocenters. The normalized spacial score (nSPS) is 10.2. The third-order valence-electron chi connectivity index (χ3n) is 3.35. The van der Waals surface area contributed by atoms with Crippen LogP contribution in [0.1, 0.15) is 6.42 Å². The van der Waals surface area contributed by atoms with Gasteiger partial charge >= 0.3 is 6.03 Å². The summed E-state index contributed by atoms with van der Waals surface area (Å²) in [5.41, 5.74) is 5.69. The number of thioether (sulfide) groups is 1.